The summed E-state index contributed by atoms with van der Waals surface area (Å²) in [5, 5.41) is 3.44. The molecule has 1 aliphatic rings. The summed E-state index contributed by atoms with van der Waals surface area (Å²) in [6, 6.07) is 7.08. The predicted octanol–water partition coefficient (Wildman–Crippen LogP) is 2.52. The lowest BCUT2D eigenvalue weighted by Gasteiger charge is -2.28. The summed E-state index contributed by atoms with van der Waals surface area (Å²) < 4.78 is 5.20. The number of benzene rings is 1. The maximum atomic E-state index is 5.20. The van der Waals surface area contributed by atoms with Crippen LogP contribution in [0.5, 0.6) is 0 Å². The molecule has 1 N–H and O–H groups in total. The van der Waals surface area contributed by atoms with Gasteiger partial charge in [-0.25, -0.2) is 0 Å². The number of likely N-dealkylation sites (N-methyl/N-ethyl adjacent to an activating group) is 1. The van der Waals surface area contributed by atoms with E-state index in [2.05, 4.69) is 42.4 Å². The Kier molecular flexibility index (Phi) is 3.89. The van der Waals surface area contributed by atoms with Crippen molar-refractivity contribution in [1.82, 2.24) is 0 Å². The van der Waals surface area contributed by atoms with Crippen molar-refractivity contribution < 1.29 is 4.74 Å². The first kappa shape index (κ1) is 12.2. The van der Waals surface area contributed by atoms with Crippen molar-refractivity contribution in [2.24, 2.45) is 0 Å². The lowest BCUT2D eigenvalue weighted by atomic mass is 10.0. The molecule has 1 atom stereocenters. The zero-order valence-corrected chi connectivity index (χ0v) is 11.0. The summed E-state index contributed by atoms with van der Waals surface area (Å²) >= 11 is 0. The molecule has 3 heteroatoms. The predicted molar refractivity (Wildman–Crippen MR) is 73.0 cm³/mol. The van der Waals surface area contributed by atoms with Crippen LogP contribution >= 0.6 is 0 Å². The van der Waals surface area contributed by atoms with Crippen LogP contribution in [0.2, 0.25) is 0 Å². The van der Waals surface area contributed by atoms with Crippen LogP contribution in [0.15, 0.2) is 18.2 Å². The van der Waals surface area contributed by atoms with E-state index in [-0.39, 0.29) is 0 Å². The van der Waals surface area contributed by atoms with Gasteiger partial charge in [0.05, 0.1) is 6.61 Å². The molecular formula is C14H22N2O. The fourth-order valence-corrected chi connectivity index (χ4v) is 2.29. The average Bonchev–Trinajstić information content (AvgIpc) is 2.37. The monoisotopic (exact) mass is 234 g/mol. The van der Waals surface area contributed by atoms with E-state index >= 15 is 0 Å². The van der Waals surface area contributed by atoms with Crippen LogP contribution in [0.25, 0.3) is 0 Å². The normalized spacial score (nSPS) is 15.9. The molecule has 0 fully saturated rings. The van der Waals surface area contributed by atoms with Crippen molar-refractivity contribution in [1.29, 1.82) is 0 Å². The standard InChI is InChI=1S/C14H22N2O/c1-11(10-17-3)16(2)13-6-7-14-12(9-13)5-4-8-15-14/h6-7,9,11,15H,4-5,8,10H2,1-3H3. The van der Waals surface area contributed by atoms with E-state index in [1.807, 2.05) is 0 Å². The Morgan fingerprint density at radius 3 is 3.06 bits per heavy atom. The number of anilines is 2. The number of fused-ring (bicyclic) bond motifs is 1. The first-order chi connectivity index (χ1) is 8.22. The van der Waals surface area contributed by atoms with Crippen molar-refractivity contribution in [3.8, 4) is 0 Å². The number of nitrogens with one attached hydrogen (secondary N) is 1. The number of nitrogens with zero attached hydrogens (tertiary/aromatic N) is 1. The maximum absolute atomic E-state index is 5.20. The van der Waals surface area contributed by atoms with Gasteiger partial charge in [-0.05, 0) is 43.5 Å². The van der Waals surface area contributed by atoms with Gasteiger partial charge in [0.2, 0.25) is 0 Å². The van der Waals surface area contributed by atoms with Crippen molar-refractivity contribution >= 4 is 11.4 Å². The average molecular weight is 234 g/mol. The van der Waals surface area contributed by atoms with Crippen LogP contribution in [0.1, 0.15) is 18.9 Å². The van der Waals surface area contributed by atoms with Gasteiger partial charge in [0, 0.05) is 38.1 Å². The molecule has 0 spiro atoms. The van der Waals surface area contributed by atoms with Crippen molar-refractivity contribution in [3.63, 3.8) is 0 Å². The molecule has 1 aromatic rings. The van der Waals surface area contributed by atoms with Crippen molar-refractivity contribution in [2.75, 3.05) is 37.5 Å². The third-order valence-electron chi connectivity index (χ3n) is 3.50. The number of aryl methyl sites for hydroxylation is 1. The van der Waals surface area contributed by atoms with Crippen LogP contribution < -0.4 is 10.2 Å². The van der Waals surface area contributed by atoms with Crippen LogP contribution in [0, 0.1) is 0 Å². The molecule has 0 saturated heterocycles. The van der Waals surface area contributed by atoms with Gasteiger partial charge in [-0.2, -0.15) is 0 Å². The Hall–Kier alpha value is -1.22. The molecule has 0 amide bonds. The van der Waals surface area contributed by atoms with Gasteiger partial charge in [-0.15, -0.1) is 0 Å². The second-order valence-corrected chi connectivity index (χ2v) is 4.79. The first-order valence-electron chi connectivity index (χ1n) is 6.31. The van der Waals surface area contributed by atoms with Crippen LogP contribution in [-0.4, -0.2) is 33.4 Å². The van der Waals surface area contributed by atoms with Crippen molar-refractivity contribution in [3.05, 3.63) is 23.8 Å². The second-order valence-electron chi connectivity index (χ2n) is 4.79. The van der Waals surface area contributed by atoms with Crippen LogP contribution in [-0.2, 0) is 11.2 Å². The number of hydrogen-bond acceptors (Lipinski definition) is 3. The zero-order valence-electron chi connectivity index (χ0n) is 11.0. The van der Waals surface area contributed by atoms with Crippen molar-refractivity contribution in [2.45, 2.75) is 25.8 Å². The Morgan fingerprint density at radius 1 is 1.47 bits per heavy atom. The maximum Gasteiger partial charge on any atom is 0.0663 e. The zero-order chi connectivity index (χ0) is 12.3. The molecule has 17 heavy (non-hydrogen) atoms. The molecule has 0 bridgehead atoms. The SMILES string of the molecule is COCC(C)N(C)c1ccc2c(c1)CCCN2. The summed E-state index contributed by atoms with van der Waals surface area (Å²) in [6.07, 6.45) is 2.41. The molecule has 2 rings (SSSR count). The molecule has 1 unspecified atom stereocenters. The molecule has 3 nitrogen and oxygen atoms in total. The molecule has 94 valence electrons. The lowest BCUT2D eigenvalue weighted by Crippen LogP contribution is -2.32. The Labute approximate surface area is 104 Å². The molecule has 0 saturated carbocycles. The number of rotatable bonds is 4. The summed E-state index contributed by atoms with van der Waals surface area (Å²) in [5.74, 6) is 0. The van der Waals surface area contributed by atoms with E-state index in [9.17, 15) is 0 Å². The third-order valence-corrected chi connectivity index (χ3v) is 3.50. The number of hydrogen-bond donors (Lipinski definition) is 1. The van der Waals surface area contributed by atoms with Crippen LogP contribution in [0.4, 0.5) is 11.4 Å². The fourth-order valence-electron chi connectivity index (χ4n) is 2.29. The Morgan fingerprint density at radius 2 is 2.29 bits per heavy atom. The molecule has 0 aromatic heterocycles. The van der Waals surface area contributed by atoms with E-state index in [4.69, 9.17) is 4.74 Å². The van der Waals surface area contributed by atoms with E-state index < -0.39 is 0 Å². The first-order valence-corrected chi connectivity index (χ1v) is 6.31. The Bertz CT molecular complexity index is 378. The number of methoxy groups -OCH3 is 1. The highest BCUT2D eigenvalue weighted by molar-refractivity contribution is 5.61. The summed E-state index contributed by atoms with van der Waals surface area (Å²) in [4.78, 5) is 2.28. The molecule has 1 heterocycles. The van der Waals surface area contributed by atoms with Crippen LogP contribution in [0.3, 0.4) is 0 Å². The van der Waals surface area contributed by atoms with Gasteiger partial charge < -0.3 is 15.0 Å². The van der Waals surface area contributed by atoms with E-state index in [0.29, 0.717) is 6.04 Å². The Balaban J connectivity index is 2.15. The fraction of sp³-hybridized carbons (Fsp3) is 0.571. The van der Waals surface area contributed by atoms with Gasteiger partial charge in [-0.3, -0.25) is 0 Å². The molecule has 0 radical (unpaired) electrons. The minimum absolute atomic E-state index is 0.398. The molecular weight excluding hydrogens is 212 g/mol. The van der Waals surface area contributed by atoms with Gasteiger partial charge >= 0.3 is 0 Å². The summed E-state index contributed by atoms with van der Waals surface area (Å²) in [6.45, 7) is 4.04. The van der Waals surface area contributed by atoms with Gasteiger partial charge in [0.15, 0.2) is 0 Å². The lowest BCUT2D eigenvalue weighted by molar-refractivity contribution is 0.183. The van der Waals surface area contributed by atoms with Gasteiger partial charge in [0.1, 0.15) is 0 Å². The van der Waals surface area contributed by atoms with Gasteiger partial charge in [0.25, 0.3) is 0 Å². The van der Waals surface area contributed by atoms with E-state index in [1.165, 1.54) is 29.8 Å². The third kappa shape index (κ3) is 2.72. The smallest absolute Gasteiger partial charge is 0.0663 e. The highest BCUT2D eigenvalue weighted by atomic mass is 16.5. The summed E-state index contributed by atoms with van der Waals surface area (Å²) in [7, 11) is 3.88. The number of ether oxygens (including phenoxy) is 1. The topological polar surface area (TPSA) is 24.5 Å². The quantitative estimate of drug-likeness (QED) is 0.866. The highest BCUT2D eigenvalue weighted by Gasteiger charge is 2.13. The minimum atomic E-state index is 0.398. The minimum Gasteiger partial charge on any atom is -0.385 e. The molecule has 0 aliphatic carbocycles. The second kappa shape index (κ2) is 5.41. The summed E-state index contributed by atoms with van der Waals surface area (Å²) in [5.41, 5.74) is 4.01. The van der Waals surface area contributed by atoms with Gasteiger partial charge in [-0.1, -0.05) is 0 Å². The van der Waals surface area contributed by atoms with E-state index in [1.54, 1.807) is 7.11 Å². The van der Waals surface area contributed by atoms with E-state index in [0.717, 1.165) is 13.2 Å². The highest BCUT2D eigenvalue weighted by Crippen LogP contribution is 2.27. The molecule has 1 aromatic carbocycles. The molecule has 1 aliphatic heterocycles. The largest absolute Gasteiger partial charge is 0.385 e.